The second-order valence-electron chi connectivity index (χ2n) is 5.77. The van der Waals surface area contributed by atoms with E-state index >= 15 is 0 Å². The van der Waals surface area contributed by atoms with Crippen molar-refractivity contribution in [1.29, 1.82) is 0 Å². The Morgan fingerprint density at radius 1 is 1.38 bits per heavy atom. The summed E-state index contributed by atoms with van der Waals surface area (Å²) in [6.07, 6.45) is 3.32. The molecule has 1 aliphatic carbocycles. The summed E-state index contributed by atoms with van der Waals surface area (Å²) >= 11 is 0. The molecule has 0 amide bonds. The van der Waals surface area contributed by atoms with Gasteiger partial charge in [-0.2, -0.15) is 0 Å². The summed E-state index contributed by atoms with van der Waals surface area (Å²) in [5.74, 6) is 1.59. The minimum absolute atomic E-state index is 0.165. The van der Waals surface area contributed by atoms with E-state index in [0.717, 1.165) is 12.8 Å². The largest absolute Gasteiger partial charge is 0.496 e. The third kappa shape index (κ3) is 3.96. The zero-order chi connectivity index (χ0) is 15.5. The number of nitrogens with one attached hydrogen (secondary N) is 1. The van der Waals surface area contributed by atoms with E-state index in [0.29, 0.717) is 29.7 Å². The van der Waals surface area contributed by atoms with Crippen LogP contribution >= 0.6 is 0 Å². The average Bonchev–Trinajstić information content (AvgIpc) is 2.90. The van der Waals surface area contributed by atoms with Crippen LogP contribution in [0.4, 0.5) is 0 Å². The third-order valence-corrected chi connectivity index (χ3v) is 5.52. The first kappa shape index (κ1) is 16.3. The van der Waals surface area contributed by atoms with E-state index in [1.807, 2.05) is 0 Å². The molecular weight excluding hydrogens is 290 g/mol. The molecule has 0 aromatic heterocycles. The lowest BCUT2D eigenvalue weighted by Gasteiger charge is -2.13. The molecule has 0 aliphatic heterocycles. The molecule has 118 valence electrons. The van der Waals surface area contributed by atoms with Crippen LogP contribution < -0.4 is 9.46 Å². The highest BCUT2D eigenvalue weighted by Gasteiger charge is 2.24. The lowest BCUT2D eigenvalue weighted by molar-refractivity contribution is 0.273. The molecule has 1 fully saturated rings. The number of methoxy groups -OCH3 is 1. The van der Waals surface area contributed by atoms with Crippen molar-refractivity contribution >= 4 is 10.0 Å². The van der Waals surface area contributed by atoms with Crippen LogP contribution in [0, 0.1) is 11.8 Å². The lowest BCUT2D eigenvalue weighted by Crippen LogP contribution is -2.28. The molecule has 1 aromatic carbocycles. The number of hydrogen-bond acceptors (Lipinski definition) is 4. The number of hydrogen-bond donors (Lipinski definition) is 2. The van der Waals surface area contributed by atoms with Crippen LogP contribution in [-0.4, -0.2) is 27.2 Å². The minimum Gasteiger partial charge on any atom is -0.496 e. The fourth-order valence-electron chi connectivity index (χ4n) is 2.87. The second-order valence-corrected chi connectivity index (χ2v) is 7.53. The first-order valence-corrected chi connectivity index (χ1v) is 8.72. The van der Waals surface area contributed by atoms with Crippen LogP contribution in [0.1, 0.15) is 31.7 Å². The first-order valence-electron chi connectivity index (χ1n) is 7.23. The Balaban J connectivity index is 2.08. The van der Waals surface area contributed by atoms with Crippen molar-refractivity contribution in [1.82, 2.24) is 4.72 Å². The van der Waals surface area contributed by atoms with Gasteiger partial charge in [0.15, 0.2) is 0 Å². The highest BCUT2D eigenvalue weighted by molar-refractivity contribution is 7.89. The SMILES string of the molecule is COc1ccc(S(=O)(=O)NCC2CCC(C)C2)cc1CO. The molecule has 5 nitrogen and oxygen atoms in total. The summed E-state index contributed by atoms with van der Waals surface area (Å²) in [4.78, 5) is 0.165. The summed E-state index contributed by atoms with van der Waals surface area (Å²) in [7, 11) is -2.05. The van der Waals surface area contributed by atoms with Crippen LogP contribution in [0.2, 0.25) is 0 Å². The summed E-state index contributed by atoms with van der Waals surface area (Å²) < 4.78 is 32.4. The van der Waals surface area contributed by atoms with Crippen LogP contribution in [0.15, 0.2) is 23.1 Å². The highest BCUT2D eigenvalue weighted by Crippen LogP contribution is 2.30. The van der Waals surface area contributed by atoms with Gasteiger partial charge in [-0.15, -0.1) is 0 Å². The predicted octanol–water partition coefficient (Wildman–Crippen LogP) is 1.90. The molecule has 0 radical (unpaired) electrons. The summed E-state index contributed by atoms with van der Waals surface area (Å²) in [5.41, 5.74) is 0.467. The van der Waals surface area contributed by atoms with E-state index in [9.17, 15) is 13.5 Å². The van der Waals surface area contributed by atoms with Crippen molar-refractivity contribution in [3.63, 3.8) is 0 Å². The van der Waals surface area contributed by atoms with Crippen molar-refractivity contribution in [2.45, 2.75) is 37.7 Å². The zero-order valence-electron chi connectivity index (χ0n) is 12.5. The van der Waals surface area contributed by atoms with Crippen LogP contribution in [0.25, 0.3) is 0 Å². The maximum absolute atomic E-state index is 12.3. The Kier molecular flexibility index (Phi) is 5.24. The highest BCUT2D eigenvalue weighted by atomic mass is 32.2. The molecule has 1 aromatic rings. The molecule has 2 N–H and O–H groups in total. The number of ether oxygens (including phenoxy) is 1. The monoisotopic (exact) mass is 313 g/mol. The number of benzene rings is 1. The summed E-state index contributed by atoms with van der Waals surface area (Å²) in [6.45, 7) is 2.42. The van der Waals surface area contributed by atoms with Crippen LogP contribution in [0.3, 0.4) is 0 Å². The van der Waals surface area contributed by atoms with Gasteiger partial charge in [0.2, 0.25) is 10.0 Å². The molecule has 0 bridgehead atoms. The van der Waals surface area contributed by atoms with Gasteiger partial charge in [0, 0.05) is 12.1 Å². The number of sulfonamides is 1. The molecule has 2 atom stereocenters. The van der Waals surface area contributed by atoms with Gasteiger partial charge in [0.25, 0.3) is 0 Å². The molecule has 0 heterocycles. The standard InChI is InChI=1S/C15H23NO4S/c1-11-3-4-12(7-11)9-16-21(18,19)14-5-6-15(20-2)13(8-14)10-17/h5-6,8,11-12,16-17H,3-4,7,9-10H2,1-2H3. The molecule has 21 heavy (non-hydrogen) atoms. The van der Waals surface area contributed by atoms with Gasteiger partial charge < -0.3 is 9.84 Å². The lowest BCUT2D eigenvalue weighted by atomic mass is 10.1. The topological polar surface area (TPSA) is 75.6 Å². The van der Waals surface area contributed by atoms with Gasteiger partial charge in [-0.25, -0.2) is 13.1 Å². The van der Waals surface area contributed by atoms with Gasteiger partial charge in [-0.1, -0.05) is 13.3 Å². The third-order valence-electron chi connectivity index (χ3n) is 4.10. The Hall–Kier alpha value is -1.11. The summed E-state index contributed by atoms with van der Waals surface area (Å²) in [5, 5.41) is 9.28. The first-order chi connectivity index (χ1) is 9.96. The normalized spacial score (nSPS) is 22.4. The fourth-order valence-corrected chi connectivity index (χ4v) is 4.03. The maximum Gasteiger partial charge on any atom is 0.240 e. The molecule has 2 rings (SSSR count). The van der Waals surface area contributed by atoms with Gasteiger partial charge in [0.05, 0.1) is 18.6 Å². The zero-order valence-corrected chi connectivity index (χ0v) is 13.3. The Morgan fingerprint density at radius 3 is 2.71 bits per heavy atom. The van der Waals surface area contributed by atoms with Crippen molar-refractivity contribution in [3.8, 4) is 5.75 Å². The minimum atomic E-state index is -3.54. The molecule has 1 saturated carbocycles. The Labute approximate surface area is 126 Å². The molecule has 6 heteroatoms. The predicted molar refractivity (Wildman–Crippen MR) is 80.6 cm³/mol. The van der Waals surface area contributed by atoms with Gasteiger partial charge in [-0.05, 0) is 42.9 Å². The number of rotatable bonds is 6. The molecule has 2 unspecified atom stereocenters. The van der Waals surface area contributed by atoms with Crippen molar-refractivity contribution in [2.75, 3.05) is 13.7 Å². The number of aliphatic hydroxyl groups is 1. The fraction of sp³-hybridized carbons (Fsp3) is 0.600. The summed E-state index contributed by atoms with van der Waals surface area (Å²) in [6, 6.07) is 4.52. The molecule has 0 spiro atoms. The van der Waals surface area contributed by atoms with Gasteiger partial charge in [0.1, 0.15) is 5.75 Å². The van der Waals surface area contributed by atoms with Crippen molar-refractivity contribution in [2.24, 2.45) is 11.8 Å². The van der Waals surface area contributed by atoms with E-state index in [2.05, 4.69) is 11.6 Å². The van der Waals surface area contributed by atoms with Crippen molar-refractivity contribution < 1.29 is 18.3 Å². The Morgan fingerprint density at radius 2 is 2.14 bits per heavy atom. The smallest absolute Gasteiger partial charge is 0.240 e. The molecule has 1 aliphatic rings. The van der Waals surface area contributed by atoms with E-state index in [1.165, 1.54) is 25.7 Å². The molecule has 0 saturated heterocycles. The van der Waals surface area contributed by atoms with E-state index in [4.69, 9.17) is 4.74 Å². The van der Waals surface area contributed by atoms with Crippen LogP contribution in [-0.2, 0) is 16.6 Å². The quantitative estimate of drug-likeness (QED) is 0.841. The van der Waals surface area contributed by atoms with Gasteiger partial charge in [-0.3, -0.25) is 0 Å². The average molecular weight is 313 g/mol. The maximum atomic E-state index is 12.3. The van der Waals surface area contributed by atoms with E-state index < -0.39 is 10.0 Å². The number of aliphatic hydroxyl groups excluding tert-OH is 1. The van der Waals surface area contributed by atoms with Gasteiger partial charge >= 0.3 is 0 Å². The molecular formula is C15H23NO4S. The van der Waals surface area contributed by atoms with E-state index in [-0.39, 0.29) is 11.5 Å². The van der Waals surface area contributed by atoms with Crippen LogP contribution in [0.5, 0.6) is 5.75 Å². The Bertz CT molecular complexity index is 585. The van der Waals surface area contributed by atoms with Crippen molar-refractivity contribution in [3.05, 3.63) is 23.8 Å². The second kappa shape index (κ2) is 6.77. The van der Waals surface area contributed by atoms with E-state index in [1.54, 1.807) is 6.07 Å².